The molecule has 0 saturated carbocycles. The van der Waals surface area contributed by atoms with E-state index < -0.39 is 18.3 Å². The van der Waals surface area contributed by atoms with E-state index in [0.29, 0.717) is 4.47 Å². The Hall–Kier alpha value is -1.55. The van der Waals surface area contributed by atoms with Gasteiger partial charge in [0, 0.05) is 23.4 Å². The minimum Gasteiger partial charge on any atom is -0.362 e. The number of piperidine rings is 1. The fourth-order valence-electron chi connectivity index (χ4n) is 4.35. The van der Waals surface area contributed by atoms with Crippen molar-refractivity contribution < 1.29 is 18.0 Å². The number of hydrogen-bond acceptors (Lipinski definition) is 4. The summed E-state index contributed by atoms with van der Waals surface area (Å²) in [4.78, 5) is 15.8. The first-order valence-corrected chi connectivity index (χ1v) is 11.3. The number of carbonyl (C=O) groups is 1. The summed E-state index contributed by atoms with van der Waals surface area (Å²) in [7, 11) is 0. The number of halogens is 4. The van der Waals surface area contributed by atoms with E-state index in [-0.39, 0.29) is 35.9 Å². The van der Waals surface area contributed by atoms with Crippen molar-refractivity contribution in [1.29, 1.82) is 0 Å². The highest BCUT2D eigenvalue weighted by Gasteiger charge is 2.48. The van der Waals surface area contributed by atoms with Gasteiger partial charge < -0.3 is 10.2 Å². The zero-order valence-corrected chi connectivity index (χ0v) is 18.4. The second kappa shape index (κ2) is 7.61. The second-order valence-corrected chi connectivity index (χ2v) is 9.57. The summed E-state index contributed by atoms with van der Waals surface area (Å²) in [5, 5.41) is 9.16. The number of rotatable bonds is 2. The van der Waals surface area contributed by atoms with Crippen LogP contribution in [0.3, 0.4) is 0 Å². The van der Waals surface area contributed by atoms with Crippen LogP contribution in [0.2, 0.25) is 0 Å². The molecule has 2 aromatic heterocycles. The number of nitrogens with one attached hydrogen (secondary N) is 1. The number of alkyl halides is 3. The van der Waals surface area contributed by atoms with Gasteiger partial charge in [0.25, 0.3) is 5.91 Å². The molecular weight excluding hydrogens is 469 g/mol. The Bertz CT molecular complexity index is 888. The Kier molecular flexibility index (Phi) is 5.43. The van der Waals surface area contributed by atoms with Crippen LogP contribution in [-0.4, -0.2) is 38.8 Å². The van der Waals surface area contributed by atoms with Crippen LogP contribution in [0.15, 0.2) is 22.0 Å². The smallest absolute Gasteiger partial charge is 0.362 e. The molecule has 10 heteroatoms. The Labute approximate surface area is 179 Å². The lowest BCUT2D eigenvalue weighted by Crippen LogP contribution is -2.47. The van der Waals surface area contributed by atoms with Crippen LogP contribution in [0.4, 0.5) is 19.0 Å². The summed E-state index contributed by atoms with van der Waals surface area (Å²) in [6.07, 6.45) is -1.84. The molecule has 1 amide bonds. The average Bonchev–Trinajstić information content (AvgIpc) is 3.28. The quantitative estimate of drug-likeness (QED) is 0.581. The van der Waals surface area contributed by atoms with Gasteiger partial charge in [-0.3, -0.25) is 4.79 Å². The topological polar surface area (TPSA) is 50.2 Å². The van der Waals surface area contributed by atoms with E-state index in [0.717, 1.165) is 28.8 Å². The number of hydrogen-bond donors (Lipinski definition) is 1. The van der Waals surface area contributed by atoms with Gasteiger partial charge in [0.2, 0.25) is 0 Å². The SMILES string of the molecule is C[C@@H]1CCC[C@H](C)N1C(=O)c1nn2c(c1Br)N[C@H](c1cccs1)C[C@H]2C(F)(F)F. The molecule has 0 bridgehead atoms. The lowest BCUT2D eigenvalue weighted by atomic mass is 9.97. The molecule has 2 aliphatic rings. The normalized spacial score (nSPS) is 27.4. The predicted octanol–water partition coefficient (Wildman–Crippen LogP) is 5.77. The molecule has 5 nitrogen and oxygen atoms in total. The lowest BCUT2D eigenvalue weighted by Gasteiger charge is -2.38. The van der Waals surface area contributed by atoms with E-state index in [1.54, 1.807) is 4.90 Å². The third kappa shape index (κ3) is 3.69. The minimum atomic E-state index is -4.47. The number of nitrogens with zero attached hydrogens (tertiary/aromatic N) is 3. The van der Waals surface area contributed by atoms with Gasteiger partial charge >= 0.3 is 6.18 Å². The van der Waals surface area contributed by atoms with Crippen LogP contribution >= 0.6 is 27.3 Å². The summed E-state index contributed by atoms with van der Waals surface area (Å²) in [6.45, 7) is 3.95. The van der Waals surface area contributed by atoms with Gasteiger partial charge in [0.15, 0.2) is 11.7 Å². The highest BCUT2D eigenvalue weighted by Crippen LogP contribution is 2.47. The molecule has 158 valence electrons. The molecule has 4 atom stereocenters. The van der Waals surface area contributed by atoms with Crippen LogP contribution in [-0.2, 0) is 0 Å². The van der Waals surface area contributed by atoms with Crippen LogP contribution in [0.1, 0.15) is 67.0 Å². The van der Waals surface area contributed by atoms with Crippen molar-refractivity contribution in [2.24, 2.45) is 0 Å². The fraction of sp³-hybridized carbons (Fsp3) is 0.579. The van der Waals surface area contributed by atoms with Crippen molar-refractivity contribution in [2.75, 3.05) is 5.32 Å². The van der Waals surface area contributed by atoms with E-state index in [1.807, 2.05) is 31.4 Å². The predicted molar refractivity (Wildman–Crippen MR) is 109 cm³/mol. The van der Waals surface area contributed by atoms with Crippen molar-refractivity contribution in [3.8, 4) is 0 Å². The van der Waals surface area contributed by atoms with Gasteiger partial charge in [-0.15, -0.1) is 11.3 Å². The minimum absolute atomic E-state index is 0.0297. The summed E-state index contributed by atoms with van der Waals surface area (Å²) < 4.78 is 42.8. The van der Waals surface area contributed by atoms with Crippen molar-refractivity contribution in [3.63, 3.8) is 0 Å². The zero-order chi connectivity index (χ0) is 20.9. The maximum Gasteiger partial charge on any atom is 0.410 e. The fourth-order valence-corrected chi connectivity index (χ4v) is 5.68. The summed E-state index contributed by atoms with van der Waals surface area (Å²) in [6, 6.07) is 1.42. The number of amides is 1. The molecule has 0 unspecified atom stereocenters. The van der Waals surface area contributed by atoms with Crippen molar-refractivity contribution in [1.82, 2.24) is 14.7 Å². The second-order valence-electron chi connectivity index (χ2n) is 7.80. The molecule has 1 N–H and O–H groups in total. The summed E-state index contributed by atoms with van der Waals surface area (Å²) >= 11 is 4.78. The number of thiophene rings is 1. The van der Waals surface area contributed by atoms with Gasteiger partial charge in [0.05, 0.1) is 10.5 Å². The molecule has 4 rings (SSSR count). The maximum atomic E-state index is 13.9. The Morgan fingerprint density at radius 2 is 2.00 bits per heavy atom. The van der Waals surface area contributed by atoms with E-state index in [1.165, 1.54) is 11.3 Å². The van der Waals surface area contributed by atoms with E-state index in [2.05, 4.69) is 26.3 Å². The van der Waals surface area contributed by atoms with Crippen LogP contribution in [0.5, 0.6) is 0 Å². The average molecular weight is 491 g/mol. The van der Waals surface area contributed by atoms with Gasteiger partial charge in [-0.05, 0) is 60.5 Å². The third-order valence-corrected chi connectivity index (χ3v) is 7.55. The van der Waals surface area contributed by atoms with Crippen LogP contribution in [0.25, 0.3) is 0 Å². The summed E-state index contributed by atoms with van der Waals surface area (Å²) in [5.74, 6) is -0.119. The number of aromatic nitrogens is 2. The first kappa shape index (κ1) is 20.7. The molecule has 0 aliphatic carbocycles. The Morgan fingerprint density at radius 1 is 1.31 bits per heavy atom. The van der Waals surface area contributed by atoms with E-state index >= 15 is 0 Å². The van der Waals surface area contributed by atoms with Gasteiger partial charge in [0.1, 0.15) is 5.82 Å². The molecule has 29 heavy (non-hydrogen) atoms. The monoisotopic (exact) mass is 490 g/mol. The van der Waals surface area contributed by atoms with Crippen molar-refractivity contribution >= 4 is 39.0 Å². The molecule has 0 aromatic carbocycles. The summed E-state index contributed by atoms with van der Waals surface area (Å²) in [5.41, 5.74) is 0.0363. The third-order valence-electron chi connectivity index (χ3n) is 5.81. The molecule has 1 saturated heterocycles. The molecule has 4 heterocycles. The first-order valence-electron chi connectivity index (χ1n) is 9.65. The molecule has 1 fully saturated rings. The molecule has 2 aliphatic heterocycles. The molecule has 0 spiro atoms. The lowest BCUT2D eigenvalue weighted by molar-refractivity contribution is -0.173. The Balaban J connectivity index is 1.74. The molecule has 2 aromatic rings. The van der Waals surface area contributed by atoms with Gasteiger partial charge in [-0.25, -0.2) is 4.68 Å². The molecular formula is C19H22BrF3N4OS. The van der Waals surface area contributed by atoms with E-state index in [9.17, 15) is 18.0 Å². The van der Waals surface area contributed by atoms with Crippen LogP contribution < -0.4 is 5.32 Å². The molecule has 0 radical (unpaired) electrons. The highest BCUT2D eigenvalue weighted by atomic mass is 79.9. The number of likely N-dealkylation sites (tertiary alicyclic amines) is 1. The highest BCUT2D eigenvalue weighted by molar-refractivity contribution is 9.10. The van der Waals surface area contributed by atoms with E-state index in [4.69, 9.17) is 0 Å². The number of carbonyl (C=O) groups excluding carboxylic acids is 1. The van der Waals surface area contributed by atoms with Crippen molar-refractivity contribution in [3.05, 3.63) is 32.6 Å². The van der Waals surface area contributed by atoms with Gasteiger partial charge in [-0.2, -0.15) is 18.3 Å². The largest absolute Gasteiger partial charge is 0.410 e. The van der Waals surface area contributed by atoms with Gasteiger partial charge in [-0.1, -0.05) is 6.07 Å². The number of fused-ring (bicyclic) bond motifs is 1. The zero-order valence-electron chi connectivity index (χ0n) is 16.0. The standard InChI is InChI=1S/C19H22BrF3N4OS/c1-10-5-3-6-11(2)26(10)18(28)16-15(20)17-24-12(13-7-4-8-29-13)9-14(19(21,22)23)27(17)25-16/h4,7-8,10-12,14,24H,3,5-6,9H2,1-2H3/t10-,11+,12-,14-/m0/s1. The van der Waals surface area contributed by atoms with Crippen LogP contribution in [0, 0.1) is 0 Å². The first-order chi connectivity index (χ1) is 13.7. The number of anilines is 1. The maximum absolute atomic E-state index is 13.9. The Morgan fingerprint density at radius 3 is 2.59 bits per heavy atom. The van der Waals surface area contributed by atoms with Crippen molar-refractivity contribution in [2.45, 2.75) is 69.9 Å².